The summed E-state index contributed by atoms with van der Waals surface area (Å²) in [6, 6.07) is 0. The van der Waals surface area contributed by atoms with E-state index in [4.69, 9.17) is 10.3 Å². The van der Waals surface area contributed by atoms with Crippen molar-refractivity contribution in [1.29, 1.82) is 0 Å². The smallest absolute Gasteiger partial charge is 0.266 e. The largest absolute Gasteiger partial charge is 0.338 e. The molecule has 2 aliphatic rings. The molecule has 94 valence electrons. The number of hydrogen-bond acceptors (Lipinski definition) is 5. The van der Waals surface area contributed by atoms with Crippen LogP contribution < -0.4 is 10.6 Å². The van der Waals surface area contributed by atoms with Gasteiger partial charge in [-0.15, -0.1) is 0 Å². The van der Waals surface area contributed by atoms with E-state index in [1.807, 2.05) is 0 Å². The van der Waals surface area contributed by atoms with Crippen LogP contribution in [0.1, 0.15) is 44.4 Å². The van der Waals surface area contributed by atoms with Crippen LogP contribution in [0.5, 0.6) is 0 Å². The van der Waals surface area contributed by atoms with Crippen LogP contribution >= 0.6 is 0 Å². The minimum Gasteiger partial charge on any atom is -0.338 e. The average molecular weight is 236 g/mol. The lowest BCUT2D eigenvalue weighted by Crippen LogP contribution is -2.38. The van der Waals surface area contributed by atoms with E-state index < -0.39 is 0 Å². The van der Waals surface area contributed by atoms with Crippen LogP contribution in [0.4, 0.5) is 5.95 Å². The molecule has 1 aliphatic heterocycles. The van der Waals surface area contributed by atoms with Gasteiger partial charge in [0, 0.05) is 25.0 Å². The quantitative estimate of drug-likeness (QED) is 0.861. The molecule has 3 rings (SSSR count). The van der Waals surface area contributed by atoms with Gasteiger partial charge in [0.25, 0.3) is 5.95 Å². The van der Waals surface area contributed by atoms with Crippen molar-refractivity contribution in [3.63, 3.8) is 0 Å². The highest BCUT2D eigenvalue weighted by Crippen LogP contribution is 2.30. The highest BCUT2D eigenvalue weighted by Gasteiger charge is 2.32. The molecule has 2 fully saturated rings. The number of hydrogen-bond donors (Lipinski definition) is 1. The van der Waals surface area contributed by atoms with Crippen molar-refractivity contribution in [3.8, 4) is 0 Å². The fourth-order valence-electron chi connectivity index (χ4n) is 2.92. The summed E-state index contributed by atoms with van der Waals surface area (Å²) in [4.78, 5) is 6.65. The Morgan fingerprint density at radius 3 is 2.59 bits per heavy atom. The Morgan fingerprint density at radius 2 is 1.88 bits per heavy atom. The predicted molar refractivity (Wildman–Crippen MR) is 64.8 cm³/mol. The summed E-state index contributed by atoms with van der Waals surface area (Å²) in [7, 11) is 0. The van der Waals surface area contributed by atoms with Crippen molar-refractivity contribution in [2.24, 2.45) is 5.73 Å². The van der Waals surface area contributed by atoms with E-state index in [-0.39, 0.29) is 5.54 Å². The average Bonchev–Trinajstić information content (AvgIpc) is 2.98. The Hall–Kier alpha value is -1.10. The lowest BCUT2D eigenvalue weighted by Gasteiger charge is -2.20. The van der Waals surface area contributed by atoms with Gasteiger partial charge in [0.1, 0.15) is 0 Å². The van der Waals surface area contributed by atoms with Crippen molar-refractivity contribution in [3.05, 3.63) is 5.89 Å². The molecule has 5 nitrogen and oxygen atoms in total. The van der Waals surface area contributed by atoms with Gasteiger partial charge >= 0.3 is 0 Å². The summed E-state index contributed by atoms with van der Waals surface area (Å²) in [6.07, 6.45) is 7.79. The van der Waals surface area contributed by atoms with Gasteiger partial charge in [-0.1, -0.05) is 12.8 Å². The topological polar surface area (TPSA) is 68.2 Å². The van der Waals surface area contributed by atoms with Gasteiger partial charge in [0.15, 0.2) is 0 Å². The van der Waals surface area contributed by atoms with Gasteiger partial charge in [0.05, 0.1) is 0 Å². The molecule has 0 radical (unpaired) electrons. The first-order chi connectivity index (χ1) is 8.25. The maximum Gasteiger partial charge on any atom is 0.266 e. The third-order valence-electron chi connectivity index (χ3n) is 3.95. The Kier molecular flexibility index (Phi) is 2.78. The highest BCUT2D eigenvalue weighted by molar-refractivity contribution is 5.29. The standard InChI is InChI=1S/C12H20N4O/c13-12(5-1-2-6-12)9-10-14-11(15-17-10)16-7-3-4-8-16/h1-9,13H2. The van der Waals surface area contributed by atoms with E-state index >= 15 is 0 Å². The Balaban J connectivity index is 1.67. The predicted octanol–water partition coefficient (Wildman–Crippen LogP) is 1.48. The number of nitrogens with two attached hydrogens (primary N) is 1. The van der Waals surface area contributed by atoms with Gasteiger partial charge < -0.3 is 15.2 Å². The molecule has 5 heteroatoms. The first kappa shape index (κ1) is 11.0. The van der Waals surface area contributed by atoms with Crippen LogP contribution in [-0.2, 0) is 6.42 Å². The van der Waals surface area contributed by atoms with E-state index in [0.29, 0.717) is 5.89 Å². The highest BCUT2D eigenvalue weighted by atomic mass is 16.5. The first-order valence-corrected chi connectivity index (χ1v) is 6.62. The van der Waals surface area contributed by atoms with Gasteiger partial charge in [0.2, 0.25) is 5.89 Å². The van der Waals surface area contributed by atoms with E-state index in [2.05, 4.69) is 15.0 Å². The van der Waals surface area contributed by atoms with Crippen molar-refractivity contribution in [2.75, 3.05) is 18.0 Å². The number of anilines is 1. The van der Waals surface area contributed by atoms with Gasteiger partial charge in [-0.2, -0.15) is 4.98 Å². The molecule has 0 bridgehead atoms. The van der Waals surface area contributed by atoms with E-state index in [0.717, 1.165) is 38.3 Å². The summed E-state index contributed by atoms with van der Waals surface area (Å²) in [5.74, 6) is 1.45. The van der Waals surface area contributed by atoms with Crippen LogP contribution in [0.2, 0.25) is 0 Å². The van der Waals surface area contributed by atoms with Crippen LogP contribution in [0.15, 0.2) is 4.52 Å². The monoisotopic (exact) mass is 236 g/mol. The maximum absolute atomic E-state index is 6.31. The summed E-state index contributed by atoms with van der Waals surface area (Å²) < 4.78 is 5.32. The lowest BCUT2D eigenvalue weighted by molar-refractivity contribution is 0.329. The molecule has 2 N–H and O–H groups in total. The molecular weight excluding hydrogens is 216 g/mol. The molecule has 0 unspecified atom stereocenters. The molecule has 2 heterocycles. The van der Waals surface area contributed by atoms with Crippen LogP contribution in [0.25, 0.3) is 0 Å². The fourth-order valence-corrected chi connectivity index (χ4v) is 2.92. The molecule has 1 aromatic rings. The van der Waals surface area contributed by atoms with Gasteiger partial charge in [-0.25, -0.2) is 0 Å². The summed E-state index contributed by atoms with van der Waals surface area (Å²) in [5, 5.41) is 4.06. The lowest BCUT2D eigenvalue weighted by atomic mass is 9.95. The molecule has 1 saturated carbocycles. The van der Waals surface area contributed by atoms with E-state index in [9.17, 15) is 0 Å². The molecule has 1 aliphatic carbocycles. The van der Waals surface area contributed by atoms with Crippen molar-refractivity contribution >= 4 is 5.95 Å². The van der Waals surface area contributed by atoms with Gasteiger partial charge in [-0.3, -0.25) is 0 Å². The van der Waals surface area contributed by atoms with Crippen molar-refractivity contribution in [2.45, 2.75) is 50.5 Å². The molecule has 0 atom stereocenters. The summed E-state index contributed by atoms with van der Waals surface area (Å²) in [5.41, 5.74) is 6.21. The Labute approximate surface area is 101 Å². The molecule has 1 saturated heterocycles. The molecule has 0 spiro atoms. The Morgan fingerprint density at radius 1 is 1.18 bits per heavy atom. The molecule has 0 aromatic carbocycles. The summed E-state index contributed by atoms with van der Waals surface area (Å²) >= 11 is 0. The Bertz CT molecular complexity index is 378. The van der Waals surface area contributed by atoms with Crippen LogP contribution in [0, 0.1) is 0 Å². The zero-order valence-electron chi connectivity index (χ0n) is 10.2. The second kappa shape index (κ2) is 4.29. The SMILES string of the molecule is NC1(Cc2nc(N3CCCC3)no2)CCCC1. The zero-order chi connectivity index (χ0) is 11.7. The zero-order valence-corrected chi connectivity index (χ0v) is 10.2. The maximum atomic E-state index is 6.31. The van der Waals surface area contributed by atoms with E-state index in [1.165, 1.54) is 25.7 Å². The molecule has 17 heavy (non-hydrogen) atoms. The number of aromatic nitrogens is 2. The second-order valence-corrected chi connectivity index (χ2v) is 5.43. The molecule has 1 aromatic heterocycles. The summed E-state index contributed by atoms with van der Waals surface area (Å²) in [6.45, 7) is 2.10. The van der Waals surface area contributed by atoms with E-state index in [1.54, 1.807) is 0 Å². The number of rotatable bonds is 3. The van der Waals surface area contributed by atoms with Gasteiger partial charge in [-0.05, 0) is 30.8 Å². The third kappa shape index (κ3) is 2.29. The normalized spacial score (nSPS) is 23.5. The third-order valence-corrected chi connectivity index (χ3v) is 3.95. The van der Waals surface area contributed by atoms with Crippen LogP contribution in [0.3, 0.4) is 0 Å². The number of nitrogens with zero attached hydrogens (tertiary/aromatic N) is 3. The second-order valence-electron chi connectivity index (χ2n) is 5.43. The minimum absolute atomic E-state index is 0.102. The molecular formula is C12H20N4O. The first-order valence-electron chi connectivity index (χ1n) is 6.62. The fraction of sp³-hybridized carbons (Fsp3) is 0.833. The van der Waals surface area contributed by atoms with Crippen LogP contribution in [-0.4, -0.2) is 28.8 Å². The van der Waals surface area contributed by atoms with Crippen molar-refractivity contribution in [1.82, 2.24) is 10.1 Å². The minimum atomic E-state index is -0.102. The van der Waals surface area contributed by atoms with Crippen molar-refractivity contribution < 1.29 is 4.52 Å². The molecule has 0 amide bonds.